The topological polar surface area (TPSA) is 70.6 Å². The van der Waals surface area contributed by atoms with Crippen LogP contribution in [0, 0.1) is 13.8 Å². The second-order valence-corrected chi connectivity index (χ2v) is 11.9. The van der Waals surface area contributed by atoms with E-state index in [2.05, 4.69) is 75.5 Å². The van der Waals surface area contributed by atoms with Crippen molar-refractivity contribution in [1.82, 2.24) is 30.0 Å². The molecule has 1 atom stereocenters. The van der Waals surface area contributed by atoms with Crippen molar-refractivity contribution in [3.05, 3.63) is 83.4 Å². The number of aromatic nitrogens is 5. The molecule has 1 aliphatic carbocycles. The molecule has 4 heterocycles. The second-order valence-electron chi connectivity index (χ2n) is 11.9. The van der Waals surface area contributed by atoms with Crippen molar-refractivity contribution in [1.29, 1.82) is 0 Å². The number of aryl methyl sites for hydroxylation is 4. The first-order valence-corrected chi connectivity index (χ1v) is 14.6. The highest BCUT2D eigenvalue weighted by molar-refractivity contribution is 5.93. The maximum Gasteiger partial charge on any atom is 0.181 e. The third-order valence-corrected chi connectivity index (χ3v) is 9.21. The maximum absolute atomic E-state index is 4.73. The maximum atomic E-state index is 4.73. The van der Waals surface area contributed by atoms with E-state index in [0.717, 1.165) is 63.3 Å². The molecular formula is C34H36N6. The van der Waals surface area contributed by atoms with Gasteiger partial charge in [-0.1, -0.05) is 42.5 Å². The van der Waals surface area contributed by atoms with Crippen molar-refractivity contribution in [2.24, 2.45) is 0 Å². The average Bonchev–Trinajstić information content (AvgIpc) is 3.64. The summed E-state index contributed by atoms with van der Waals surface area (Å²) in [5.41, 5.74) is 12.3. The highest BCUT2D eigenvalue weighted by Crippen LogP contribution is 2.37. The molecule has 0 saturated carbocycles. The zero-order chi connectivity index (χ0) is 27.3. The molecule has 0 spiro atoms. The summed E-state index contributed by atoms with van der Waals surface area (Å²) in [6.07, 6.45) is 11.3. The van der Waals surface area contributed by atoms with Gasteiger partial charge in [-0.3, -0.25) is 15.0 Å². The molecule has 202 valence electrons. The number of H-pyrrole nitrogens is 1. The van der Waals surface area contributed by atoms with Gasteiger partial charge in [-0.2, -0.15) is 5.10 Å². The smallest absolute Gasteiger partial charge is 0.181 e. The summed E-state index contributed by atoms with van der Waals surface area (Å²) in [4.78, 5) is 16.7. The fourth-order valence-electron chi connectivity index (χ4n) is 6.67. The molecule has 6 nitrogen and oxygen atoms in total. The molecule has 1 aliphatic heterocycles. The van der Waals surface area contributed by atoms with Crippen LogP contribution in [0.25, 0.3) is 44.7 Å². The van der Waals surface area contributed by atoms with Crippen LogP contribution in [0.5, 0.6) is 0 Å². The Balaban J connectivity index is 1.18. The lowest BCUT2D eigenvalue weighted by Gasteiger charge is -2.38. The van der Waals surface area contributed by atoms with Crippen LogP contribution in [0.15, 0.2) is 60.9 Å². The summed E-state index contributed by atoms with van der Waals surface area (Å²) in [6, 6.07) is 17.7. The molecule has 5 aromatic rings. The lowest BCUT2D eigenvalue weighted by atomic mass is 9.90. The molecule has 1 fully saturated rings. The van der Waals surface area contributed by atoms with Crippen LogP contribution in [0.4, 0.5) is 0 Å². The minimum absolute atomic E-state index is 0.321. The molecule has 2 aromatic carbocycles. The molecule has 7 rings (SSSR count). The fraction of sp³-hybridized carbons (Fsp3) is 0.353. The zero-order valence-corrected chi connectivity index (χ0v) is 23.7. The van der Waals surface area contributed by atoms with Gasteiger partial charge < -0.3 is 0 Å². The standard InChI is InChI=1S/C34H36N6/c1-22-20-35-23(2)31(37-22)25-7-9-26(10-8-25)32-30-19-29(21-36-33(30)39-38-32)27-11-6-24-12-14-34(3,15-13-28(24)18-27)40-16-4-5-17-40/h6-11,18-21H,4-5,12-17H2,1-3H3,(H,36,38,39)/t34-/m0/s1. The first-order valence-electron chi connectivity index (χ1n) is 14.6. The molecule has 0 unspecified atom stereocenters. The molecule has 3 aromatic heterocycles. The molecule has 1 saturated heterocycles. The van der Waals surface area contributed by atoms with Gasteiger partial charge in [-0.05, 0) is 95.1 Å². The van der Waals surface area contributed by atoms with Gasteiger partial charge in [0.25, 0.3) is 0 Å². The van der Waals surface area contributed by atoms with Crippen molar-refractivity contribution >= 4 is 11.0 Å². The lowest BCUT2D eigenvalue weighted by Crippen LogP contribution is -2.44. The van der Waals surface area contributed by atoms with Crippen LogP contribution in [0.2, 0.25) is 0 Å². The van der Waals surface area contributed by atoms with E-state index in [1.807, 2.05) is 26.2 Å². The number of nitrogens with one attached hydrogen (secondary N) is 1. The molecule has 40 heavy (non-hydrogen) atoms. The van der Waals surface area contributed by atoms with Crippen molar-refractivity contribution < 1.29 is 0 Å². The monoisotopic (exact) mass is 528 g/mol. The van der Waals surface area contributed by atoms with Crippen molar-refractivity contribution in [2.45, 2.75) is 64.8 Å². The fourth-order valence-corrected chi connectivity index (χ4v) is 6.67. The van der Waals surface area contributed by atoms with E-state index in [9.17, 15) is 0 Å². The van der Waals surface area contributed by atoms with E-state index in [1.165, 1.54) is 55.5 Å². The number of hydrogen-bond acceptors (Lipinski definition) is 5. The van der Waals surface area contributed by atoms with Crippen molar-refractivity contribution in [2.75, 3.05) is 13.1 Å². The molecule has 1 N–H and O–H groups in total. The third kappa shape index (κ3) is 4.50. The predicted molar refractivity (Wildman–Crippen MR) is 161 cm³/mol. The normalized spacial score (nSPS) is 19.6. The first kappa shape index (κ1) is 25.1. The summed E-state index contributed by atoms with van der Waals surface area (Å²) in [5, 5.41) is 8.78. The Bertz CT molecular complexity index is 1700. The molecule has 0 amide bonds. The van der Waals surface area contributed by atoms with Crippen LogP contribution in [0.3, 0.4) is 0 Å². The van der Waals surface area contributed by atoms with Gasteiger partial charge >= 0.3 is 0 Å². The SMILES string of the molecule is Cc1cnc(C)c(-c2ccc(-c3[nH]nc4ncc(-c5ccc6c(c5)CC[C@@](C)(N5CCCC5)CC6)cc34)cc2)n1. The quantitative estimate of drug-likeness (QED) is 0.252. The first-order chi connectivity index (χ1) is 19.5. The third-order valence-electron chi connectivity index (χ3n) is 9.21. The summed E-state index contributed by atoms with van der Waals surface area (Å²) < 4.78 is 0. The van der Waals surface area contributed by atoms with Gasteiger partial charge in [0.1, 0.15) is 0 Å². The Kier molecular flexibility index (Phi) is 6.23. The molecular weight excluding hydrogens is 492 g/mol. The molecule has 0 bridgehead atoms. The number of rotatable bonds is 4. The Hall–Kier alpha value is -3.90. The van der Waals surface area contributed by atoms with Crippen LogP contribution in [0.1, 0.15) is 55.1 Å². The van der Waals surface area contributed by atoms with Gasteiger partial charge in [-0.25, -0.2) is 9.97 Å². The summed E-state index contributed by atoms with van der Waals surface area (Å²) >= 11 is 0. The van der Waals surface area contributed by atoms with Crippen molar-refractivity contribution in [3.63, 3.8) is 0 Å². The Morgan fingerprint density at radius 1 is 0.775 bits per heavy atom. The Morgan fingerprint density at radius 2 is 1.50 bits per heavy atom. The van der Waals surface area contributed by atoms with Gasteiger partial charge in [0.05, 0.1) is 22.8 Å². The molecule has 6 heteroatoms. The number of aromatic amines is 1. The van der Waals surface area contributed by atoms with Gasteiger partial charge in [-0.15, -0.1) is 0 Å². The van der Waals surface area contributed by atoms with Crippen LogP contribution in [-0.4, -0.2) is 48.7 Å². The summed E-state index contributed by atoms with van der Waals surface area (Å²) in [6.45, 7) is 8.99. The van der Waals surface area contributed by atoms with E-state index in [0.29, 0.717) is 5.54 Å². The van der Waals surface area contributed by atoms with Gasteiger partial charge in [0.2, 0.25) is 0 Å². The average molecular weight is 529 g/mol. The number of hydrogen-bond donors (Lipinski definition) is 1. The number of fused-ring (bicyclic) bond motifs is 2. The Morgan fingerprint density at radius 3 is 2.30 bits per heavy atom. The number of pyridine rings is 1. The minimum atomic E-state index is 0.321. The van der Waals surface area contributed by atoms with E-state index in [4.69, 9.17) is 9.97 Å². The van der Waals surface area contributed by atoms with Crippen LogP contribution >= 0.6 is 0 Å². The lowest BCUT2D eigenvalue weighted by molar-refractivity contribution is 0.118. The predicted octanol–water partition coefficient (Wildman–Crippen LogP) is 7.10. The minimum Gasteiger partial charge on any atom is -0.298 e. The van der Waals surface area contributed by atoms with Crippen LogP contribution in [-0.2, 0) is 12.8 Å². The number of benzene rings is 2. The molecule has 0 radical (unpaired) electrons. The summed E-state index contributed by atoms with van der Waals surface area (Å²) in [5.74, 6) is 0. The van der Waals surface area contributed by atoms with Gasteiger partial charge in [0, 0.05) is 40.0 Å². The second kappa shape index (κ2) is 9.93. The van der Waals surface area contributed by atoms with Crippen LogP contribution < -0.4 is 0 Å². The van der Waals surface area contributed by atoms with E-state index in [-0.39, 0.29) is 0 Å². The van der Waals surface area contributed by atoms with Gasteiger partial charge in [0.15, 0.2) is 5.65 Å². The zero-order valence-electron chi connectivity index (χ0n) is 23.7. The van der Waals surface area contributed by atoms with E-state index >= 15 is 0 Å². The highest BCUT2D eigenvalue weighted by atomic mass is 15.2. The molecule has 2 aliphatic rings. The summed E-state index contributed by atoms with van der Waals surface area (Å²) in [7, 11) is 0. The number of nitrogens with zero attached hydrogens (tertiary/aromatic N) is 5. The number of likely N-dealkylation sites (tertiary alicyclic amines) is 1. The van der Waals surface area contributed by atoms with Crippen molar-refractivity contribution in [3.8, 4) is 33.6 Å². The Labute approximate surface area is 235 Å². The largest absolute Gasteiger partial charge is 0.298 e. The van der Waals surface area contributed by atoms with E-state index in [1.54, 1.807) is 0 Å². The van der Waals surface area contributed by atoms with E-state index < -0.39 is 0 Å². The highest BCUT2D eigenvalue weighted by Gasteiger charge is 2.34.